The summed E-state index contributed by atoms with van der Waals surface area (Å²) in [5.74, 6) is -1.21. The minimum atomic E-state index is -1.75. The molecule has 0 bridgehead atoms. The van der Waals surface area contributed by atoms with E-state index in [1.807, 2.05) is 0 Å². The van der Waals surface area contributed by atoms with E-state index < -0.39 is 49.6 Å². The Bertz CT molecular complexity index is 471. The van der Waals surface area contributed by atoms with Crippen molar-refractivity contribution in [3.8, 4) is 0 Å². The van der Waals surface area contributed by atoms with Gasteiger partial charge in [-0.25, -0.2) is 0 Å². The summed E-state index contributed by atoms with van der Waals surface area (Å²) >= 11 is 0. The van der Waals surface area contributed by atoms with Crippen molar-refractivity contribution >= 4 is 11.9 Å². The highest BCUT2D eigenvalue weighted by Gasteiger charge is 2.34. The minimum Gasteiger partial charge on any atom is -0.462 e. The predicted molar refractivity (Wildman–Crippen MR) is 122 cm³/mol. The first-order valence-electron chi connectivity index (χ1n) is 12.3. The fraction of sp³-hybridized carbons (Fsp3) is 0.917. The van der Waals surface area contributed by atoms with Gasteiger partial charge in [-0.3, -0.25) is 9.59 Å². The summed E-state index contributed by atoms with van der Waals surface area (Å²) in [6.45, 7) is 2.17. The number of rotatable bonds is 21. The van der Waals surface area contributed by atoms with E-state index >= 15 is 0 Å². The van der Waals surface area contributed by atoms with Crippen LogP contribution in [-0.4, -0.2) is 70.0 Å². The van der Waals surface area contributed by atoms with Gasteiger partial charge >= 0.3 is 11.9 Å². The second-order valence-corrected chi connectivity index (χ2v) is 8.55. The zero-order valence-corrected chi connectivity index (χ0v) is 20.0. The maximum atomic E-state index is 12.1. The third-order valence-electron chi connectivity index (χ3n) is 5.53. The number of hydrogen-bond acceptors (Lipinski definition) is 8. The lowest BCUT2D eigenvalue weighted by Crippen LogP contribution is -2.49. The van der Waals surface area contributed by atoms with Crippen LogP contribution in [0.1, 0.15) is 104 Å². The fourth-order valence-electron chi connectivity index (χ4n) is 3.47. The highest BCUT2D eigenvalue weighted by molar-refractivity contribution is 5.69. The Balaban J connectivity index is 3.99. The quantitative estimate of drug-likeness (QED) is 0.151. The molecule has 8 heteroatoms. The van der Waals surface area contributed by atoms with Crippen LogP contribution in [0.25, 0.3) is 0 Å². The number of ether oxygens (including phenoxy) is 2. The van der Waals surface area contributed by atoms with Crippen LogP contribution in [0.4, 0.5) is 0 Å². The molecule has 0 saturated carbocycles. The molecule has 4 N–H and O–H groups in total. The average Bonchev–Trinajstić information content (AvgIpc) is 2.77. The van der Waals surface area contributed by atoms with E-state index in [2.05, 4.69) is 6.92 Å². The summed E-state index contributed by atoms with van der Waals surface area (Å²) in [5, 5.41) is 38.4. The largest absolute Gasteiger partial charge is 0.462 e. The van der Waals surface area contributed by atoms with Crippen molar-refractivity contribution in [2.75, 3.05) is 13.2 Å². The molecule has 0 unspecified atom stereocenters. The van der Waals surface area contributed by atoms with Crippen molar-refractivity contribution in [1.82, 2.24) is 0 Å². The number of carbonyl (C=O) groups excluding carboxylic acids is 2. The topological polar surface area (TPSA) is 134 Å². The molecule has 8 nitrogen and oxygen atoms in total. The van der Waals surface area contributed by atoms with Crippen molar-refractivity contribution in [1.29, 1.82) is 0 Å². The predicted octanol–water partition coefficient (Wildman–Crippen LogP) is 3.02. The number of carbonyl (C=O) groups is 2. The number of aliphatic hydroxyl groups is 4. The lowest BCUT2D eigenvalue weighted by molar-refractivity contribution is -0.177. The SMILES string of the molecule is CCCCCCCCCCCCCCCC(=O)O[C@@H](COC(C)=O)[C@@H](O)[C@H](O)[C@H](O)CO. The molecule has 0 spiro atoms. The van der Waals surface area contributed by atoms with Gasteiger partial charge in [-0.1, -0.05) is 84.0 Å². The van der Waals surface area contributed by atoms with E-state index in [-0.39, 0.29) is 6.42 Å². The average molecular weight is 463 g/mol. The number of esters is 2. The Morgan fingerprint density at radius 1 is 0.750 bits per heavy atom. The summed E-state index contributed by atoms with van der Waals surface area (Å²) in [6.07, 6.45) is 9.25. The molecule has 0 aliphatic carbocycles. The van der Waals surface area contributed by atoms with E-state index in [1.54, 1.807) is 0 Å². The first-order valence-corrected chi connectivity index (χ1v) is 12.3. The summed E-state index contributed by atoms with van der Waals surface area (Å²) in [5.41, 5.74) is 0. The van der Waals surface area contributed by atoms with Crippen LogP contribution >= 0.6 is 0 Å². The van der Waals surface area contributed by atoms with Crippen molar-refractivity contribution in [3.05, 3.63) is 0 Å². The standard InChI is InChI=1S/C24H46O8/c1-3-4-5-6-7-8-9-10-11-12-13-14-15-16-22(28)32-21(18-31-19(2)26)24(30)23(29)20(27)17-25/h20-21,23-25,27,29-30H,3-18H2,1-2H3/t20-,21+,23-,24-/m1/s1. The molecule has 190 valence electrons. The summed E-state index contributed by atoms with van der Waals surface area (Å²) in [4.78, 5) is 23.1. The van der Waals surface area contributed by atoms with Crippen molar-refractivity contribution in [2.45, 2.75) is 128 Å². The maximum absolute atomic E-state index is 12.1. The number of hydrogen-bond donors (Lipinski definition) is 4. The van der Waals surface area contributed by atoms with Gasteiger partial charge in [-0.05, 0) is 6.42 Å². The molecule has 32 heavy (non-hydrogen) atoms. The Morgan fingerprint density at radius 3 is 1.66 bits per heavy atom. The fourth-order valence-corrected chi connectivity index (χ4v) is 3.47. The van der Waals surface area contributed by atoms with Gasteiger partial charge in [0.1, 0.15) is 24.9 Å². The lowest BCUT2D eigenvalue weighted by Gasteiger charge is -2.28. The zero-order valence-electron chi connectivity index (χ0n) is 20.0. The molecule has 0 aromatic rings. The van der Waals surface area contributed by atoms with Crippen molar-refractivity contribution < 1.29 is 39.5 Å². The molecule has 0 radical (unpaired) electrons. The third-order valence-corrected chi connectivity index (χ3v) is 5.53. The monoisotopic (exact) mass is 462 g/mol. The van der Waals surface area contributed by atoms with Gasteiger partial charge in [0.05, 0.1) is 6.61 Å². The van der Waals surface area contributed by atoms with Gasteiger partial charge in [-0.15, -0.1) is 0 Å². The number of aliphatic hydroxyl groups excluding tert-OH is 4. The Morgan fingerprint density at radius 2 is 1.22 bits per heavy atom. The molecular formula is C24H46O8. The van der Waals surface area contributed by atoms with Gasteiger partial charge < -0.3 is 29.9 Å². The maximum Gasteiger partial charge on any atom is 0.306 e. The van der Waals surface area contributed by atoms with Crippen LogP contribution in [0.2, 0.25) is 0 Å². The Hall–Kier alpha value is -1.22. The number of unbranched alkanes of at least 4 members (excludes halogenated alkanes) is 12. The second kappa shape index (κ2) is 20.4. The molecule has 0 aliphatic rings. The van der Waals surface area contributed by atoms with Crippen LogP contribution in [0, 0.1) is 0 Å². The van der Waals surface area contributed by atoms with Gasteiger partial charge in [0.2, 0.25) is 0 Å². The molecule has 0 amide bonds. The molecule has 0 aromatic carbocycles. The van der Waals surface area contributed by atoms with Gasteiger partial charge in [0.25, 0.3) is 0 Å². The van der Waals surface area contributed by atoms with Crippen LogP contribution in [0.15, 0.2) is 0 Å². The molecule has 0 aliphatic heterocycles. The summed E-state index contributed by atoms with van der Waals surface area (Å²) < 4.78 is 9.95. The summed E-state index contributed by atoms with van der Waals surface area (Å²) in [6, 6.07) is 0. The molecule has 0 saturated heterocycles. The first-order chi connectivity index (χ1) is 15.3. The van der Waals surface area contributed by atoms with Gasteiger partial charge in [0.15, 0.2) is 6.10 Å². The first kappa shape index (κ1) is 30.8. The lowest BCUT2D eigenvalue weighted by atomic mass is 10.0. The molecule has 0 rings (SSSR count). The molecule has 0 heterocycles. The van der Waals surface area contributed by atoms with Crippen LogP contribution < -0.4 is 0 Å². The van der Waals surface area contributed by atoms with Gasteiger partial charge in [-0.2, -0.15) is 0 Å². The normalized spacial score (nSPS) is 15.1. The third kappa shape index (κ3) is 16.4. The molecule has 4 atom stereocenters. The Kier molecular flexibility index (Phi) is 19.6. The molecular weight excluding hydrogens is 416 g/mol. The molecule has 0 aromatic heterocycles. The van der Waals surface area contributed by atoms with E-state index in [0.717, 1.165) is 26.2 Å². The second-order valence-electron chi connectivity index (χ2n) is 8.55. The van der Waals surface area contributed by atoms with E-state index in [4.69, 9.17) is 14.6 Å². The summed E-state index contributed by atoms with van der Waals surface area (Å²) in [7, 11) is 0. The van der Waals surface area contributed by atoms with E-state index in [9.17, 15) is 24.9 Å². The highest BCUT2D eigenvalue weighted by Crippen LogP contribution is 2.14. The molecule has 0 fully saturated rings. The minimum absolute atomic E-state index is 0.152. The Labute approximate surface area is 193 Å². The van der Waals surface area contributed by atoms with Crippen LogP contribution in [-0.2, 0) is 19.1 Å². The van der Waals surface area contributed by atoms with E-state index in [1.165, 1.54) is 57.8 Å². The van der Waals surface area contributed by atoms with Crippen LogP contribution in [0.3, 0.4) is 0 Å². The van der Waals surface area contributed by atoms with Crippen molar-refractivity contribution in [2.24, 2.45) is 0 Å². The van der Waals surface area contributed by atoms with Crippen LogP contribution in [0.5, 0.6) is 0 Å². The highest BCUT2D eigenvalue weighted by atomic mass is 16.6. The van der Waals surface area contributed by atoms with Gasteiger partial charge in [0, 0.05) is 13.3 Å². The van der Waals surface area contributed by atoms with E-state index in [0.29, 0.717) is 6.42 Å². The van der Waals surface area contributed by atoms with Crippen molar-refractivity contribution in [3.63, 3.8) is 0 Å². The zero-order chi connectivity index (χ0) is 24.2. The smallest absolute Gasteiger partial charge is 0.306 e.